The van der Waals surface area contributed by atoms with Crippen molar-refractivity contribution in [2.24, 2.45) is 0 Å². The number of rotatable bonds is 15. The third kappa shape index (κ3) is 20.0. The molecule has 0 radical (unpaired) electrons. The van der Waals surface area contributed by atoms with Crippen LogP contribution in [0.1, 0.15) is 64.7 Å². The molecule has 0 heterocycles. The minimum Gasteiger partial charge on any atom is -0.469 e. The topological polar surface area (TPSA) is 26.3 Å². The van der Waals surface area contributed by atoms with Gasteiger partial charge in [0.2, 0.25) is 0 Å². The molecule has 26 heavy (non-hydrogen) atoms. The Bertz CT molecular complexity index is 490. The predicted molar refractivity (Wildman–Crippen MR) is 114 cm³/mol. The zero-order valence-electron chi connectivity index (χ0n) is 16.6. The second-order valence-electron chi connectivity index (χ2n) is 5.88. The van der Waals surface area contributed by atoms with Gasteiger partial charge in [0.15, 0.2) is 0 Å². The van der Waals surface area contributed by atoms with E-state index >= 15 is 0 Å². The van der Waals surface area contributed by atoms with Crippen molar-refractivity contribution >= 4 is 5.97 Å². The van der Waals surface area contributed by atoms with Crippen LogP contribution >= 0.6 is 0 Å². The smallest absolute Gasteiger partial charge is 0.305 e. The molecule has 0 aliphatic carbocycles. The van der Waals surface area contributed by atoms with Gasteiger partial charge in [-0.15, -0.1) is 0 Å². The van der Waals surface area contributed by atoms with E-state index in [2.05, 4.69) is 84.6 Å². The predicted octanol–water partition coefficient (Wildman–Crippen LogP) is 7.03. The number of allylic oxidation sites excluding steroid dienone is 12. The average molecular weight is 357 g/mol. The van der Waals surface area contributed by atoms with Gasteiger partial charge in [0, 0.05) is 6.42 Å². The van der Waals surface area contributed by atoms with Crippen molar-refractivity contribution < 1.29 is 9.53 Å². The Labute approximate surface area is 160 Å². The summed E-state index contributed by atoms with van der Waals surface area (Å²) in [6.07, 6.45) is 34.7. The summed E-state index contributed by atoms with van der Waals surface area (Å²) in [5.74, 6) is -0.128. The maximum Gasteiger partial charge on any atom is 0.305 e. The molecule has 0 aromatic heterocycles. The number of hydrogen-bond acceptors (Lipinski definition) is 2. The summed E-state index contributed by atoms with van der Waals surface area (Å²) in [4.78, 5) is 10.9. The van der Waals surface area contributed by atoms with Crippen LogP contribution in [0.15, 0.2) is 72.9 Å². The highest BCUT2D eigenvalue weighted by Crippen LogP contribution is 2.00. The van der Waals surface area contributed by atoms with E-state index in [0.717, 1.165) is 51.4 Å². The quantitative estimate of drug-likeness (QED) is 0.179. The van der Waals surface area contributed by atoms with Crippen molar-refractivity contribution in [1.82, 2.24) is 0 Å². The van der Waals surface area contributed by atoms with E-state index in [0.29, 0.717) is 6.42 Å². The van der Waals surface area contributed by atoms with Crippen molar-refractivity contribution in [1.29, 1.82) is 0 Å². The molecule has 0 N–H and O–H groups in total. The zero-order chi connectivity index (χ0) is 19.1. The molecule has 0 rings (SSSR count). The van der Waals surface area contributed by atoms with Gasteiger partial charge in [0.25, 0.3) is 0 Å². The first-order valence-electron chi connectivity index (χ1n) is 9.78. The Kier molecular flexibility index (Phi) is 19.3. The lowest BCUT2D eigenvalue weighted by Gasteiger charge is -1.95. The highest BCUT2D eigenvalue weighted by molar-refractivity contribution is 5.69. The van der Waals surface area contributed by atoms with E-state index in [4.69, 9.17) is 0 Å². The van der Waals surface area contributed by atoms with E-state index in [-0.39, 0.29) is 5.97 Å². The van der Waals surface area contributed by atoms with Crippen LogP contribution in [-0.2, 0) is 9.53 Å². The van der Waals surface area contributed by atoms with Gasteiger partial charge >= 0.3 is 5.97 Å². The van der Waals surface area contributed by atoms with Crippen LogP contribution in [0.5, 0.6) is 0 Å². The van der Waals surface area contributed by atoms with Gasteiger partial charge in [-0.1, -0.05) is 79.8 Å². The summed E-state index contributed by atoms with van der Waals surface area (Å²) in [5, 5.41) is 0. The summed E-state index contributed by atoms with van der Waals surface area (Å²) >= 11 is 0. The molecule has 0 aromatic carbocycles. The van der Waals surface area contributed by atoms with Crippen LogP contribution in [0, 0.1) is 0 Å². The first kappa shape index (κ1) is 23.9. The normalized spacial score (nSPS) is 12.8. The second kappa shape index (κ2) is 21.0. The van der Waals surface area contributed by atoms with E-state index in [1.54, 1.807) is 0 Å². The Morgan fingerprint density at radius 2 is 1.04 bits per heavy atom. The lowest BCUT2D eigenvalue weighted by molar-refractivity contribution is -0.140. The highest BCUT2D eigenvalue weighted by atomic mass is 16.5. The Balaban J connectivity index is 3.51. The summed E-state index contributed by atoms with van der Waals surface area (Å²) in [6, 6.07) is 0. The molecular weight excluding hydrogens is 320 g/mol. The van der Waals surface area contributed by atoms with Gasteiger partial charge in [0.05, 0.1) is 7.11 Å². The average Bonchev–Trinajstić information content (AvgIpc) is 2.66. The first-order valence-corrected chi connectivity index (χ1v) is 9.78. The minimum absolute atomic E-state index is 0.128. The number of carbonyl (C=O) groups is 1. The Morgan fingerprint density at radius 1 is 0.654 bits per heavy atom. The van der Waals surface area contributed by atoms with Crippen LogP contribution in [-0.4, -0.2) is 13.1 Å². The molecule has 0 atom stereocenters. The number of methoxy groups -OCH3 is 1. The van der Waals surface area contributed by atoms with E-state index in [1.165, 1.54) is 7.11 Å². The van der Waals surface area contributed by atoms with Gasteiger partial charge < -0.3 is 4.74 Å². The summed E-state index contributed by atoms with van der Waals surface area (Å²) in [7, 11) is 1.43. The number of ether oxygens (including phenoxy) is 1. The molecule has 0 spiro atoms. The molecule has 2 heteroatoms. The van der Waals surface area contributed by atoms with Crippen molar-refractivity contribution in [3.05, 3.63) is 72.9 Å². The molecule has 0 saturated carbocycles. The maximum absolute atomic E-state index is 10.9. The largest absolute Gasteiger partial charge is 0.469 e. The molecule has 0 fully saturated rings. The van der Waals surface area contributed by atoms with Crippen LogP contribution in [0.2, 0.25) is 0 Å². The number of hydrogen-bond donors (Lipinski definition) is 0. The minimum atomic E-state index is -0.128. The van der Waals surface area contributed by atoms with Gasteiger partial charge in [-0.2, -0.15) is 0 Å². The van der Waals surface area contributed by atoms with Gasteiger partial charge in [-0.3, -0.25) is 4.79 Å². The fourth-order valence-corrected chi connectivity index (χ4v) is 2.11. The van der Waals surface area contributed by atoms with E-state index in [1.807, 2.05) is 0 Å². The van der Waals surface area contributed by atoms with Crippen molar-refractivity contribution in [3.8, 4) is 0 Å². The number of carbonyl (C=O) groups excluding carboxylic acids is 1. The van der Waals surface area contributed by atoms with Gasteiger partial charge in [0.1, 0.15) is 0 Å². The van der Waals surface area contributed by atoms with E-state index in [9.17, 15) is 4.79 Å². The lowest BCUT2D eigenvalue weighted by Crippen LogP contribution is -1.98. The molecule has 0 aromatic rings. The fraction of sp³-hybridized carbons (Fsp3) is 0.458. The molecule has 144 valence electrons. The molecule has 0 amide bonds. The van der Waals surface area contributed by atoms with E-state index < -0.39 is 0 Å². The monoisotopic (exact) mass is 356 g/mol. The third-order valence-electron chi connectivity index (χ3n) is 3.58. The molecule has 2 nitrogen and oxygen atoms in total. The lowest BCUT2D eigenvalue weighted by atomic mass is 10.2. The Morgan fingerprint density at radius 3 is 1.42 bits per heavy atom. The third-order valence-corrected chi connectivity index (χ3v) is 3.58. The second-order valence-corrected chi connectivity index (χ2v) is 5.88. The SMILES string of the molecule is CC/C=C\C/C=C\C/C=C\C/C=C\C/C=C\C/C=C\CCCC(=O)OC. The maximum atomic E-state index is 10.9. The summed E-state index contributed by atoms with van der Waals surface area (Å²) in [5.41, 5.74) is 0. The van der Waals surface area contributed by atoms with Crippen LogP contribution in [0.25, 0.3) is 0 Å². The fourth-order valence-electron chi connectivity index (χ4n) is 2.11. The van der Waals surface area contributed by atoms with Gasteiger partial charge in [-0.05, 0) is 51.4 Å². The summed E-state index contributed by atoms with van der Waals surface area (Å²) < 4.78 is 4.60. The van der Waals surface area contributed by atoms with Gasteiger partial charge in [-0.25, -0.2) is 0 Å². The molecule has 0 saturated heterocycles. The van der Waals surface area contributed by atoms with Crippen LogP contribution in [0.3, 0.4) is 0 Å². The molecule has 0 aliphatic rings. The van der Waals surface area contributed by atoms with Crippen LogP contribution < -0.4 is 0 Å². The number of esters is 1. The first-order chi connectivity index (χ1) is 12.8. The highest BCUT2D eigenvalue weighted by Gasteiger charge is 1.96. The van der Waals surface area contributed by atoms with Crippen molar-refractivity contribution in [2.75, 3.05) is 7.11 Å². The molecule has 0 unspecified atom stereocenters. The molecule has 0 bridgehead atoms. The summed E-state index contributed by atoms with van der Waals surface area (Å²) in [6.45, 7) is 2.15. The van der Waals surface area contributed by atoms with Crippen molar-refractivity contribution in [3.63, 3.8) is 0 Å². The molecule has 0 aliphatic heterocycles. The standard InChI is InChI=1S/C24H36O2/c1-3-4-5-6-7-8-9-10-11-12-13-14-15-16-17-18-19-20-21-22-23-24(25)26-2/h4-5,7-8,10-11,13-14,16-17,19-20H,3,6,9,12,15,18,21-23H2,1-2H3/b5-4-,8-7-,11-10-,14-13-,17-16-,20-19-. The number of unbranched alkanes of at least 4 members (excludes halogenated alkanes) is 1. The Hall–Kier alpha value is -2.09. The van der Waals surface area contributed by atoms with Crippen LogP contribution in [0.4, 0.5) is 0 Å². The molecular formula is C24H36O2. The zero-order valence-corrected chi connectivity index (χ0v) is 16.6. The van der Waals surface area contributed by atoms with Crippen molar-refractivity contribution in [2.45, 2.75) is 64.7 Å².